The number of hydrogen-bond donors (Lipinski definition) is 0. The molecule has 0 spiro atoms. The van der Waals surface area contributed by atoms with Crippen molar-refractivity contribution in [3.05, 3.63) is 35.5 Å². The Morgan fingerprint density at radius 1 is 1.47 bits per heavy atom. The first-order valence-electron chi connectivity index (χ1n) is 3.96. The van der Waals surface area contributed by atoms with Gasteiger partial charge in [0.15, 0.2) is 9.84 Å². The minimum Gasteiger partial charge on any atom is -0.435 e. The highest BCUT2D eigenvalue weighted by Gasteiger charge is 2.10. The van der Waals surface area contributed by atoms with Crippen LogP contribution in [0.5, 0.6) is 0 Å². The molecule has 86 valence electrons. The van der Waals surface area contributed by atoms with E-state index in [4.69, 9.17) is 0 Å². The number of hydrogen-bond acceptors (Lipinski definition) is 3. The highest BCUT2D eigenvalue weighted by Crippen LogP contribution is 2.13. The lowest BCUT2D eigenvalue weighted by atomic mass is 10.4. The first kappa shape index (κ1) is 13.8. The molecule has 0 aliphatic carbocycles. The van der Waals surface area contributed by atoms with Crippen LogP contribution in [0.4, 0.5) is 8.78 Å². The van der Waals surface area contributed by atoms with Gasteiger partial charge in [0.05, 0.1) is 4.91 Å². The van der Waals surface area contributed by atoms with Gasteiger partial charge in [-0.05, 0) is 19.1 Å². The fourth-order valence-corrected chi connectivity index (χ4v) is 1.38. The van der Waals surface area contributed by atoms with Crippen LogP contribution in [0.25, 0.3) is 0 Å². The minimum atomic E-state index is -3.48. The molecule has 0 heterocycles. The molecule has 0 N–H and O–H groups in total. The maximum atomic E-state index is 11.9. The molecule has 0 aromatic rings. The molecule has 0 bridgehead atoms. The summed E-state index contributed by atoms with van der Waals surface area (Å²) >= 11 is 0. The molecule has 0 aromatic heterocycles. The van der Waals surface area contributed by atoms with Crippen LogP contribution in [-0.2, 0) is 14.6 Å². The van der Waals surface area contributed by atoms with Gasteiger partial charge in [-0.3, -0.25) is 0 Å². The third-order valence-corrected chi connectivity index (χ3v) is 2.56. The summed E-state index contributed by atoms with van der Waals surface area (Å²) in [6, 6.07) is 0. The van der Waals surface area contributed by atoms with Crippen molar-refractivity contribution in [3.8, 4) is 0 Å². The van der Waals surface area contributed by atoms with Crippen LogP contribution < -0.4 is 0 Å². The molecule has 0 saturated heterocycles. The predicted molar refractivity (Wildman–Crippen MR) is 54.0 cm³/mol. The van der Waals surface area contributed by atoms with Crippen molar-refractivity contribution in [2.24, 2.45) is 0 Å². The lowest BCUT2D eigenvalue weighted by molar-refractivity contribution is -0.0921. The van der Waals surface area contributed by atoms with Crippen molar-refractivity contribution >= 4 is 9.84 Å². The molecule has 0 atom stereocenters. The zero-order chi connectivity index (χ0) is 12.1. The van der Waals surface area contributed by atoms with E-state index in [-0.39, 0.29) is 10.7 Å². The smallest absolute Gasteiger partial charge is 0.387 e. The van der Waals surface area contributed by atoms with Crippen molar-refractivity contribution in [3.63, 3.8) is 0 Å². The SMILES string of the molecule is C=C/C(=C\C(=C/C)OC(F)F)S(C)(=O)=O. The minimum absolute atomic E-state index is 0.170. The van der Waals surface area contributed by atoms with E-state index in [2.05, 4.69) is 11.3 Å². The van der Waals surface area contributed by atoms with Crippen LogP contribution in [0.2, 0.25) is 0 Å². The van der Waals surface area contributed by atoms with Crippen molar-refractivity contribution < 1.29 is 21.9 Å². The molecule has 6 heteroatoms. The summed E-state index contributed by atoms with van der Waals surface area (Å²) in [7, 11) is -3.48. The van der Waals surface area contributed by atoms with E-state index in [1.165, 1.54) is 13.0 Å². The molecule has 0 fully saturated rings. The largest absolute Gasteiger partial charge is 0.435 e. The maximum absolute atomic E-state index is 11.9. The lowest BCUT2D eigenvalue weighted by Crippen LogP contribution is -2.02. The Hall–Kier alpha value is -1.17. The second-order valence-electron chi connectivity index (χ2n) is 2.59. The molecule has 0 saturated carbocycles. The van der Waals surface area contributed by atoms with Crippen LogP contribution in [-0.4, -0.2) is 21.3 Å². The fourth-order valence-electron chi connectivity index (χ4n) is 0.746. The van der Waals surface area contributed by atoms with Gasteiger partial charge in [-0.1, -0.05) is 12.7 Å². The number of rotatable bonds is 5. The van der Waals surface area contributed by atoms with Crippen molar-refractivity contribution in [1.29, 1.82) is 0 Å². The molecular formula is C9H12F2O3S. The van der Waals surface area contributed by atoms with E-state index in [0.29, 0.717) is 0 Å². The molecule has 0 aliphatic rings. The van der Waals surface area contributed by atoms with Crippen LogP contribution in [0.3, 0.4) is 0 Å². The number of sulfone groups is 1. The number of alkyl halides is 2. The van der Waals surface area contributed by atoms with Gasteiger partial charge in [0.2, 0.25) is 0 Å². The second-order valence-corrected chi connectivity index (χ2v) is 4.61. The van der Waals surface area contributed by atoms with E-state index < -0.39 is 16.4 Å². The summed E-state index contributed by atoms with van der Waals surface area (Å²) in [6.45, 7) is 1.74. The van der Waals surface area contributed by atoms with Crippen LogP contribution in [0.15, 0.2) is 35.5 Å². The third-order valence-electron chi connectivity index (χ3n) is 1.42. The fraction of sp³-hybridized carbons (Fsp3) is 0.333. The average molecular weight is 238 g/mol. The van der Waals surface area contributed by atoms with Crippen molar-refractivity contribution in [2.75, 3.05) is 6.26 Å². The Kier molecular flexibility index (Phi) is 5.21. The Labute approximate surface area is 87.7 Å². The molecule has 0 rings (SSSR count). The van der Waals surface area contributed by atoms with Crippen molar-refractivity contribution in [1.82, 2.24) is 0 Å². The Morgan fingerprint density at radius 2 is 2.00 bits per heavy atom. The Balaban J connectivity index is 5.07. The lowest BCUT2D eigenvalue weighted by Gasteiger charge is -2.05. The Morgan fingerprint density at radius 3 is 2.27 bits per heavy atom. The van der Waals surface area contributed by atoms with Crippen LogP contribution in [0, 0.1) is 0 Å². The van der Waals surface area contributed by atoms with Crippen molar-refractivity contribution in [2.45, 2.75) is 13.5 Å². The molecule has 3 nitrogen and oxygen atoms in total. The van der Waals surface area contributed by atoms with E-state index in [9.17, 15) is 17.2 Å². The summed E-state index contributed by atoms with van der Waals surface area (Å²) in [5, 5.41) is 0. The quantitative estimate of drug-likeness (QED) is 0.545. The molecule has 0 radical (unpaired) electrons. The molecule has 15 heavy (non-hydrogen) atoms. The van der Waals surface area contributed by atoms with Gasteiger partial charge in [0, 0.05) is 6.26 Å². The summed E-state index contributed by atoms with van der Waals surface area (Å²) < 4.78 is 50.0. The summed E-state index contributed by atoms with van der Waals surface area (Å²) in [6.07, 6.45) is 4.25. The van der Waals surface area contributed by atoms with Crippen LogP contribution in [0.1, 0.15) is 6.92 Å². The van der Waals surface area contributed by atoms with Gasteiger partial charge < -0.3 is 4.74 Å². The molecule has 0 amide bonds. The summed E-state index contributed by atoms with van der Waals surface area (Å²) in [5.74, 6) is -0.217. The standard InChI is InChI=1S/C9H12F2O3S/c1-4-7(14-9(10)11)6-8(5-2)15(3,12)13/h4-6,9H,2H2,1,3H3/b7-4+,8-6+. The van der Waals surface area contributed by atoms with Gasteiger partial charge in [0.25, 0.3) is 0 Å². The van der Waals surface area contributed by atoms with Gasteiger partial charge in [-0.2, -0.15) is 8.78 Å². The monoisotopic (exact) mass is 238 g/mol. The van der Waals surface area contributed by atoms with Gasteiger partial charge in [-0.25, -0.2) is 8.42 Å². The van der Waals surface area contributed by atoms with Gasteiger partial charge >= 0.3 is 6.61 Å². The van der Waals surface area contributed by atoms with Gasteiger partial charge in [-0.15, -0.1) is 0 Å². The normalized spacial score (nSPS) is 14.2. The number of halogens is 2. The first-order chi connectivity index (χ1) is 6.81. The zero-order valence-corrected chi connectivity index (χ0v) is 9.22. The number of allylic oxidation sites excluding steroid dienone is 3. The van der Waals surface area contributed by atoms with E-state index in [1.54, 1.807) is 0 Å². The highest BCUT2D eigenvalue weighted by molar-refractivity contribution is 7.94. The van der Waals surface area contributed by atoms with E-state index >= 15 is 0 Å². The van der Waals surface area contributed by atoms with E-state index in [0.717, 1.165) is 18.4 Å². The highest BCUT2D eigenvalue weighted by atomic mass is 32.2. The molecule has 0 aliphatic heterocycles. The zero-order valence-electron chi connectivity index (χ0n) is 8.41. The Bertz CT molecular complexity index is 380. The van der Waals surface area contributed by atoms with Crippen LogP contribution >= 0.6 is 0 Å². The topological polar surface area (TPSA) is 43.4 Å². The molecular weight excluding hydrogens is 226 g/mol. The second kappa shape index (κ2) is 5.65. The third kappa shape index (κ3) is 5.31. The summed E-state index contributed by atoms with van der Waals surface area (Å²) in [4.78, 5) is -0.170. The maximum Gasteiger partial charge on any atom is 0.387 e. The molecule has 0 unspecified atom stereocenters. The van der Waals surface area contributed by atoms with Gasteiger partial charge in [0.1, 0.15) is 5.76 Å². The molecule has 0 aromatic carbocycles. The summed E-state index contributed by atoms with van der Waals surface area (Å²) in [5.41, 5.74) is 0. The van der Waals surface area contributed by atoms with E-state index in [1.807, 2.05) is 0 Å². The predicted octanol–water partition coefficient (Wildman–Crippen LogP) is 2.24. The first-order valence-corrected chi connectivity index (χ1v) is 5.85. The number of ether oxygens (including phenoxy) is 1. The average Bonchev–Trinajstić information content (AvgIpc) is 2.09.